The minimum atomic E-state index is -3.89. The maximum Gasteiger partial charge on any atom is 0.408 e. The largest absolute Gasteiger partial charge is 0.456 e. The Hall–Kier alpha value is -4.01. The summed E-state index contributed by atoms with van der Waals surface area (Å²) in [6.07, 6.45) is 7.57. The van der Waals surface area contributed by atoms with Crippen molar-refractivity contribution in [1.29, 1.82) is 0 Å². The molecule has 5 rings (SSSR count). The summed E-state index contributed by atoms with van der Waals surface area (Å²) in [4.78, 5) is 72.6. The van der Waals surface area contributed by atoms with Gasteiger partial charge in [-0.3, -0.25) is 19.1 Å². The van der Waals surface area contributed by atoms with Crippen molar-refractivity contribution in [3.05, 3.63) is 42.2 Å². The normalized spacial score (nSPS) is 28.4. The molecule has 0 aromatic carbocycles. The number of sulfonamides is 1. The first-order valence-electron chi connectivity index (χ1n) is 16.2. The molecule has 3 N–H and O–H groups in total. The fraction of sp³-hybridized carbons (Fsp3) is 0.625. The molecule has 0 radical (unpaired) electrons. The molecule has 3 heterocycles. The van der Waals surface area contributed by atoms with Crippen molar-refractivity contribution < 1.29 is 41.9 Å². The summed E-state index contributed by atoms with van der Waals surface area (Å²) in [7, 11) is -3.89. The molecular formula is C32H43N5O9S. The van der Waals surface area contributed by atoms with Crippen LogP contribution in [0.3, 0.4) is 0 Å². The van der Waals surface area contributed by atoms with E-state index in [4.69, 9.17) is 9.47 Å². The van der Waals surface area contributed by atoms with E-state index < -0.39 is 80.3 Å². The van der Waals surface area contributed by atoms with Gasteiger partial charge in [0.2, 0.25) is 21.8 Å². The van der Waals surface area contributed by atoms with Crippen LogP contribution in [0.25, 0.3) is 0 Å². The smallest absolute Gasteiger partial charge is 0.408 e. The number of fused-ring (bicyclic) bond motifs is 2. The molecule has 4 amide bonds. The lowest BCUT2D eigenvalue weighted by Crippen LogP contribution is -2.58. The number of ether oxygens (including phenoxy) is 2. The van der Waals surface area contributed by atoms with Gasteiger partial charge in [0.1, 0.15) is 35.0 Å². The van der Waals surface area contributed by atoms with Gasteiger partial charge < -0.3 is 25.0 Å². The van der Waals surface area contributed by atoms with Crippen LogP contribution < -0.4 is 15.4 Å². The average molecular weight is 674 g/mol. The second-order valence-corrected chi connectivity index (χ2v) is 15.7. The molecule has 1 aromatic heterocycles. The lowest BCUT2D eigenvalue weighted by molar-refractivity contribution is -0.141. The van der Waals surface area contributed by atoms with Crippen molar-refractivity contribution in [2.24, 2.45) is 5.92 Å². The Balaban J connectivity index is 1.42. The number of rotatable bonds is 6. The summed E-state index contributed by atoms with van der Waals surface area (Å²) in [5.41, 5.74) is -2.29. The van der Waals surface area contributed by atoms with Gasteiger partial charge in [-0.25, -0.2) is 23.0 Å². The monoisotopic (exact) mass is 673 g/mol. The van der Waals surface area contributed by atoms with E-state index in [0.717, 1.165) is 12.8 Å². The zero-order valence-corrected chi connectivity index (χ0v) is 27.7. The Morgan fingerprint density at radius 2 is 1.85 bits per heavy atom. The van der Waals surface area contributed by atoms with Gasteiger partial charge in [0.15, 0.2) is 0 Å². The van der Waals surface area contributed by atoms with E-state index in [9.17, 15) is 32.4 Å². The maximum atomic E-state index is 14.1. The first-order valence-corrected chi connectivity index (χ1v) is 17.7. The minimum Gasteiger partial charge on any atom is -0.456 e. The standard InChI is InChI=1S/C32H43N5O9S/c1-31(2,3)46-30(42)34-23-12-8-6-4-5-7-11-20-18-32(20,29(41)36-47(43,44)22-14-15-22)35-26(38)25-17-21(19-37(25)27(23)39)45-28(40)24-13-9-10-16-33-24/h7,9-11,13,16,20-23,25H,4-6,8,12,14-15,17-19H2,1-3H3,(H,34,42)(H,35,38)(H,36,41)/t20-,21-,23+,25+,32-/m1/s1. The van der Waals surface area contributed by atoms with E-state index in [-0.39, 0.29) is 31.5 Å². The number of carbonyl (C=O) groups is 5. The quantitative estimate of drug-likeness (QED) is 0.298. The SMILES string of the molecule is CC(C)(C)OC(=O)N[C@H]1CCCCCC=C[C@@H]2C[C@@]2(C(=O)NS(=O)(=O)C2CC2)NC(=O)[C@@H]2C[C@@H](OC(=O)c3ccccn3)CN2C1=O. The highest BCUT2D eigenvalue weighted by Gasteiger charge is 2.62. The van der Waals surface area contributed by atoms with Gasteiger partial charge in [0.25, 0.3) is 5.91 Å². The first-order chi connectivity index (χ1) is 22.2. The fourth-order valence-electron chi connectivity index (χ4n) is 5.99. The Labute approximate surface area is 274 Å². The van der Waals surface area contributed by atoms with Crippen LogP contribution in [0.2, 0.25) is 0 Å². The van der Waals surface area contributed by atoms with E-state index in [0.29, 0.717) is 25.7 Å². The van der Waals surface area contributed by atoms with E-state index >= 15 is 0 Å². The number of alkyl carbamates (subject to hydrolysis) is 1. The summed E-state index contributed by atoms with van der Waals surface area (Å²) in [6.45, 7) is 4.95. The van der Waals surface area contributed by atoms with Gasteiger partial charge in [-0.1, -0.05) is 31.1 Å². The van der Waals surface area contributed by atoms with Crippen LogP contribution in [0, 0.1) is 5.92 Å². The van der Waals surface area contributed by atoms with Crippen molar-refractivity contribution in [2.75, 3.05) is 6.54 Å². The molecular weight excluding hydrogens is 630 g/mol. The number of amides is 4. The third kappa shape index (κ3) is 8.48. The highest BCUT2D eigenvalue weighted by molar-refractivity contribution is 7.91. The predicted octanol–water partition coefficient (Wildman–Crippen LogP) is 2.10. The van der Waals surface area contributed by atoms with E-state index in [1.807, 2.05) is 12.2 Å². The minimum absolute atomic E-state index is 0.0531. The molecule has 0 unspecified atom stereocenters. The van der Waals surface area contributed by atoms with Crippen LogP contribution >= 0.6 is 0 Å². The second-order valence-electron chi connectivity index (χ2n) is 13.7. The molecule has 47 heavy (non-hydrogen) atoms. The zero-order valence-electron chi connectivity index (χ0n) is 26.9. The molecule has 1 saturated heterocycles. The van der Waals surface area contributed by atoms with Crippen LogP contribution in [0.1, 0.15) is 89.0 Å². The summed E-state index contributed by atoms with van der Waals surface area (Å²) in [5, 5.41) is 4.80. The molecule has 2 aliphatic carbocycles. The van der Waals surface area contributed by atoms with Gasteiger partial charge in [-0.15, -0.1) is 0 Å². The van der Waals surface area contributed by atoms with Gasteiger partial charge in [-0.2, -0.15) is 0 Å². The first kappa shape index (κ1) is 34.3. The molecule has 0 spiro atoms. The van der Waals surface area contributed by atoms with Crippen LogP contribution in [-0.2, 0) is 33.9 Å². The molecule has 256 valence electrons. The molecule has 2 saturated carbocycles. The number of allylic oxidation sites excluding steroid dienone is 1. The van der Waals surface area contributed by atoms with Gasteiger partial charge in [-0.05, 0) is 71.4 Å². The number of nitrogens with zero attached hydrogens (tertiary/aromatic N) is 2. The highest BCUT2D eigenvalue weighted by atomic mass is 32.2. The molecule has 5 atom stereocenters. The van der Waals surface area contributed by atoms with E-state index in [1.54, 1.807) is 32.9 Å². The Morgan fingerprint density at radius 3 is 2.53 bits per heavy atom. The topological polar surface area (TPSA) is 190 Å². The number of hydrogen-bond donors (Lipinski definition) is 3. The Morgan fingerprint density at radius 1 is 1.09 bits per heavy atom. The van der Waals surface area contributed by atoms with Crippen molar-refractivity contribution in [2.45, 2.75) is 113 Å². The number of aromatic nitrogens is 1. The highest BCUT2D eigenvalue weighted by Crippen LogP contribution is 2.46. The van der Waals surface area contributed by atoms with Crippen LogP contribution in [0.5, 0.6) is 0 Å². The summed E-state index contributed by atoms with van der Waals surface area (Å²) in [5.74, 6) is -3.27. The lowest BCUT2D eigenvalue weighted by atomic mass is 10.0. The van der Waals surface area contributed by atoms with Crippen molar-refractivity contribution in [1.82, 2.24) is 25.2 Å². The summed E-state index contributed by atoms with van der Waals surface area (Å²) >= 11 is 0. The van der Waals surface area contributed by atoms with Crippen LogP contribution in [-0.4, -0.2) is 89.2 Å². The third-order valence-corrected chi connectivity index (χ3v) is 10.5. The molecule has 14 nitrogen and oxygen atoms in total. The van der Waals surface area contributed by atoms with Crippen molar-refractivity contribution in [3.63, 3.8) is 0 Å². The van der Waals surface area contributed by atoms with Crippen molar-refractivity contribution in [3.8, 4) is 0 Å². The molecule has 1 aromatic rings. The van der Waals surface area contributed by atoms with E-state index in [2.05, 4.69) is 20.3 Å². The third-order valence-electron chi connectivity index (χ3n) is 8.68. The Kier molecular flexibility index (Phi) is 9.94. The molecule has 3 fully saturated rings. The maximum absolute atomic E-state index is 14.1. The summed E-state index contributed by atoms with van der Waals surface area (Å²) in [6, 6.07) is 2.52. The number of hydrogen-bond acceptors (Lipinski definition) is 10. The average Bonchev–Trinajstić information content (AvgIpc) is 3.92. The van der Waals surface area contributed by atoms with Crippen molar-refractivity contribution >= 4 is 39.8 Å². The Bertz CT molecular complexity index is 1520. The number of carbonyl (C=O) groups excluding carboxylic acids is 5. The summed E-state index contributed by atoms with van der Waals surface area (Å²) < 4.78 is 38.6. The molecule has 2 aliphatic heterocycles. The lowest BCUT2D eigenvalue weighted by Gasteiger charge is -2.30. The molecule has 0 bridgehead atoms. The van der Waals surface area contributed by atoms with Gasteiger partial charge >= 0.3 is 12.1 Å². The molecule has 15 heteroatoms. The van der Waals surface area contributed by atoms with Crippen LogP contribution in [0.15, 0.2) is 36.5 Å². The zero-order chi connectivity index (χ0) is 34.0. The number of nitrogens with one attached hydrogen (secondary N) is 3. The van der Waals surface area contributed by atoms with Gasteiger partial charge in [0, 0.05) is 18.5 Å². The fourth-order valence-corrected chi connectivity index (χ4v) is 7.36. The van der Waals surface area contributed by atoms with Crippen LogP contribution in [0.4, 0.5) is 4.79 Å². The van der Waals surface area contributed by atoms with Gasteiger partial charge in [0.05, 0.1) is 11.8 Å². The van der Waals surface area contributed by atoms with E-state index in [1.165, 1.54) is 17.2 Å². The number of esters is 1. The number of pyridine rings is 1. The second kappa shape index (κ2) is 13.6. The predicted molar refractivity (Wildman–Crippen MR) is 168 cm³/mol. The molecule has 4 aliphatic rings.